The van der Waals surface area contributed by atoms with Gasteiger partial charge in [0.2, 0.25) is 12.3 Å². The highest BCUT2D eigenvalue weighted by molar-refractivity contribution is 5.93. The van der Waals surface area contributed by atoms with Crippen LogP contribution < -0.4 is 15.4 Å². The van der Waals surface area contributed by atoms with E-state index in [9.17, 15) is 24.0 Å². The van der Waals surface area contributed by atoms with Crippen molar-refractivity contribution in [2.24, 2.45) is 5.92 Å². The van der Waals surface area contributed by atoms with Crippen LogP contribution in [0.4, 0.5) is 4.39 Å². The maximum absolute atomic E-state index is 14.5. The lowest BCUT2D eigenvalue weighted by molar-refractivity contribution is -0.154. The lowest BCUT2D eigenvalue weighted by Gasteiger charge is -2.19. The molecular weight excluding hydrogens is 431 g/mol. The fourth-order valence-electron chi connectivity index (χ4n) is 3.24. The maximum Gasteiger partial charge on any atom is 0.271 e. The first-order chi connectivity index (χ1) is 15.9. The maximum atomic E-state index is 14.5. The second-order valence-electron chi connectivity index (χ2n) is 7.37. The monoisotopic (exact) mass is 460 g/mol. The Bertz CT molecular complexity index is 956. The minimum absolute atomic E-state index is 0.0472. The van der Waals surface area contributed by atoms with E-state index in [0.29, 0.717) is 11.5 Å². The summed E-state index contributed by atoms with van der Waals surface area (Å²) in [5, 5.41) is 15.0. The number of hydrogen-bond donors (Lipinski definition) is 3. The fourth-order valence-corrected chi connectivity index (χ4v) is 3.24. The summed E-state index contributed by atoms with van der Waals surface area (Å²) >= 11 is 0. The summed E-state index contributed by atoms with van der Waals surface area (Å²) in [6.07, 6.45) is 3.39. The van der Waals surface area contributed by atoms with Crippen molar-refractivity contribution >= 4 is 18.2 Å². The van der Waals surface area contributed by atoms with Crippen molar-refractivity contribution in [2.45, 2.75) is 32.6 Å². The number of aromatic nitrogens is 1. The number of nitrogens with one attached hydrogen (secondary N) is 2. The van der Waals surface area contributed by atoms with E-state index in [1.54, 1.807) is 18.2 Å². The third-order valence-electron chi connectivity index (χ3n) is 5.01. The van der Waals surface area contributed by atoms with Gasteiger partial charge in [0.15, 0.2) is 11.6 Å². The molecule has 1 unspecified atom stereocenters. The summed E-state index contributed by atoms with van der Waals surface area (Å²) < 4.78 is 19.5. The summed E-state index contributed by atoms with van der Waals surface area (Å²) in [6, 6.07) is 9.26. The van der Waals surface area contributed by atoms with Crippen molar-refractivity contribution < 1.29 is 28.7 Å². The smallest absolute Gasteiger partial charge is 0.271 e. The van der Waals surface area contributed by atoms with E-state index in [2.05, 4.69) is 15.6 Å². The number of carbonyl (C=O) groups is 3. The number of amides is 3. The Kier molecular flexibility index (Phi) is 10.2. The molecule has 1 aromatic carbocycles. The standard InChI is InChI=1S/C23H29FN4O5/c1-3-4-5-8-16(13-28(32)15-29)22(30)25-14-26-23(31)19-11-7-10-18(27-19)17-9-6-12-20(33-2)21(17)24/h6-7,9-12,15-16,32H,3-5,8,13-14H2,1-2H3,(H,25,30)(H,26,31). The molecule has 0 saturated carbocycles. The zero-order valence-electron chi connectivity index (χ0n) is 18.7. The van der Waals surface area contributed by atoms with E-state index in [1.807, 2.05) is 6.92 Å². The molecule has 0 aliphatic heterocycles. The molecule has 1 atom stereocenters. The number of halogens is 1. The van der Waals surface area contributed by atoms with E-state index in [4.69, 9.17) is 4.74 Å². The van der Waals surface area contributed by atoms with Gasteiger partial charge in [0, 0.05) is 5.56 Å². The van der Waals surface area contributed by atoms with Gasteiger partial charge in [-0.1, -0.05) is 38.3 Å². The molecule has 9 nitrogen and oxygen atoms in total. The van der Waals surface area contributed by atoms with Crippen LogP contribution in [0.5, 0.6) is 5.75 Å². The Balaban J connectivity index is 1.99. The number of hydroxylamine groups is 2. The fraction of sp³-hybridized carbons (Fsp3) is 0.391. The van der Waals surface area contributed by atoms with Gasteiger partial charge in [-0.25, -0.2) is 14.4 Å². The van der Waals surface area contributed by atoms with Crippen LogP contribution in [-0.4, -0.2) is 53.8 Å². The van der Waals surface area contributed by atoms with Gasteiger partial charge in [-0.2, -0.15) is 0 Å². The molecule has 1 heterocycles. The highest BCUT2D eigenvalue weighted by atomic mass is 19.1. The molecule has 0 saturated heterocycles. The van der Waals surface area contributed by atoms with E-state index >= 15 is 0 Å². The van der Waals surface area contributed by atoms with E-state index in [1.165, 1.54) is 25.3 Å². The Morgan fingerprint density at radius 1 is 1.21 bits per heavy atom. The molecule has 0 aliphatic carbocycles. The molecular formula is C23H29FN4O5. The van der Waals surface area contributed by atoms with Crippen molar-refractivity contribution in [1.82, 2.24) is 20.7 Å². The number of ether oxygens (including phenoxy) is 1. The zero-order valence-corrected chi connectivity index (χ0v) is 18.7. The first-order valence-corrected chi connectivity index (χ1v) is 10.7. The molecule has 0 bridgehead atoms. The lowest BCUT2D eigenvalue weighted by Crippen LogP contribution is -2.43. The van der Waals surface area contributed by atoms with Crippen molar-refractivity contribution in [3.63, 3.8) is 0 Å². The number of hydrogen-bond acceptors (Lipinski definition) is 6. The van der Waals surface area contributed by atoms with Gasteiger partial charge in [-0.05, 0) is 30.7 Å². The van der Waals surface area contributed by atoms with Gasteiger partial charge in [0.05, 0.1) is 31.9 Å². The predicted molar refractivity (Wildman–Crippen MR) is 119 cm³/mol. The number of unbranched alkanes of at least 4 members (excludes halogenated alkanes) is 2. The van der Waals surface area contributed by atoms with Crippen LogP contribution in [0.1, 0.15) is 43.1 Å². The summed E-state index contributed by atoms with van der Waals surface area (Å²) in [6.45, 7) is 1.72. The van der Waals surface area contributed by atoms with Crippen LogP contribution in [0, 0.1) is 11.7 Å². The summed E-state index contributed by atoms with van der Waals surface area (Å²) in [4.78, 5) is 39.8. The third-order valence-corrected chi connectivity index (χ3v) is 5.01. The van der Waals surface area contributed by atoms with Crippen LogP contribution in [0.3, 0.4) is 0 Å². The summed E-state index contributed by atoms with van der Waals surface area (Å²) in [7, 11) is 1.36. The van der Waals surface area contributed by atoms with E-state index in [-0.39, 0.29) is 42.3 Å². The summed E-state index contributed by atoms with van der Waals surface area (Å²) in [5.74, 6) is -2.08. The predicted octanol–water partition coefficient (Wildman–Crippen LogP) is 2.74. The quantitative estimate of drug-likeness (QED) is 0.139. The van der Waals surface area contributed by atoms with Gasteiger partial charge in [-0.15, -0.1) is 0 Å². The van der Waals surface area contributed by atoms with Gasteiger partial charge in [0.25, 0.3) is 5.91 Å². The van der Waals surface area contributed by atoms with E-state index < -0.39 is 23.5 Å². The van der Waals surface area contributed by atoms with Gasteiger partial charge in [-0.3, -0.25) is 19.6 Å². The highest BCUT2D eigenvalue weighted by Gasteiger charge is 2.21. The first-order valence-electron chi connectivity index (χ1n) is 10.7. The Morgan fingerprint density at radius 3 is 2.67 bits per heavy atom. The zero-order chi connectivity index (χ0) is 24.2. The van der Waals surface area contributed by atoms with Gasteiger partial charge < -0.3 is 15.4 Å². The molecule has 10 heteroatoms. The van der Waals surface area contributed by atoms with Crippen molar-refractivity contribution in [3.8, 4) is 17.0 Å². The molecule has 0 aliphatic rings. The Hall–Kier alpha value is -3.53. The average molecular weight is 461 g/mol. The van der Waals surface area contributed by atoms with Crippen LogP contribution in [-0.2, 0) is 9.59 Å². The van der Waals surface area contributed by atoms with Crippen molar-refractivity contribution in [2.75, 3.05) is 20.3 Å². The lowest BCUT2D eigenvalue weighted by atomic mass is 10.0. The molecule has 0 fully saturated rings. The number of pyridine rings is 1. The number of methoxy groups -OCH3 is 1. The van der Waals surface area contributed by atoms with Crippen molar-refractivity contribution in [3.05, 3.63) is 47.9 Å². The van der Waals surface area contributed by atoms with Crippen LogP contribution in [0.25, 0.3) is 11.3 Å². The molecule has 3 amide bonds. The molecule has 1 aromatic heterocycles. The Morgan fingerprint density at radius 2 is 1.97 bits per heavy atom. The van der Waals surface area contributed by atoms with Crippen LogP contribution in [0.2, 0.25) is 0 Å². The molecule has 178 valence electrons. The molecule has 0 spiro atoms. The number of rotatable bonds is 13. The second-order valence-corrected chi connectivity index (χ2v) is 7.37. The van der Waals surface area contributed by atoms with Gasteiger partial charge in [0.1, 0.15) is 5.69 Å². The van der Waals surface area contributed by atoms with Crippen molar-refractivity contribution in [1.29, 1.82) is 0 Å². The molecule has 2 aromatic rings. The van der Waals surface area contributed by atoms with E-state index in [0.717, 1.165) is 19.3 Å². The molecule has 2 rings (SSSR count). The number of carbonyl (C=O) groups excluding carboxylic acids is 3. The second kappa shape index (κ2) is 13.1. The summed E-state index contributed by atoms with van der Waals surface area (Å²) in [5.41, 5.74) is 0.498. The average Bonchev–Trinajstić information content (AvgIpc) is 2.83. The SMILES string of the molecule is CCCCCC(CN(O)C=O)C(=O)NCNC(=O)c1cccc(-c2cccc(OC)c2F)n1. The van der Waals surface area contributed by atoms with Gasteiger partial charge >= 0.3 is 0 Å². The van der Waals surface area contributed by atoms with Crippen LogP contribution in [0.15, 0.2) is 36.4 Å². The number of benzene rings is 1. The topological polar surface area (TPSA) is 121 Å². The third kappa shape index (κ3) is 7.53. The molecule has 3 N–H and O–H groups in total. The number of nitrogens with zero attached hydrogens (tertiary/aromatic N) is 2. The van der Waals surface area contributed by atoms with Crippen LogP contribution >= 0.6 is 0 Å². The highest BCUT2D eigenvalue weighted by Crippen LogP contribution is 2.27. The molecule has 0 radical (unpaired) electrons. The largest absolute Gasteiger partial charge is 0.494 e. The minimum Gasteiger partial charge on any atom is -0.494 e. The Labute approximate surface area is 191 Å². The normalized spacial score (nSPS) is 11.4. The molecule has 33 heavy (non-hydrogen) atoms. The first kappa shape index (κ1) is 25.7. The minimum atomic E-state index is -0.610.